The fourth-order valence-corrected chi connectivity index (χ4v) is 4.21. The van der Waals surface area contributed by atoms with Crippen molar-refractivity contribution in [1.82, 2.24) is 15.0 Å². The molecule has 0 saturated carbocycles. The van der Waals surface area contributed by atoms with E-state index in [1.54, 1.807) is 17.1 Å². The molecule has 1 fully saturated rings. The summed E-state index contributed by atoms with van der Waals surface area (Å²) in [5.41, 5.74) is 5.75. The summed E-state index contributed by atoms with van der Waals surface area (Å²) in [7, 11) is 0. The van der Waals surface area contributed by atoms with Gasteiger partial charge in [-0.3, -0.25) is 0 Å². The number of alkyl halides is 3. The Balaban J connectivity index is 1.52. The molecule has 4 rings (SSSR count). The number of guanidine groups is 1. The van der Waals surface area contributed by atoms with Crippen molar-refractivity contribution in [2.45, 2.75) is 25.1 Å². The molecule has 0 aliphatic carbocycles. The molecule has 1 aliphatic heterocycles. The Morgan fingerprint density at radius 1 is 1.31 bits per heavy atom. The van der Waals surface area contributed by atoms with Crippen LogP contribution in [-0.2, 0) is 6.18 Å². The Labute approximate surface area is 207 Å². The zero-order valence-electron chi connectivity index (χ0n) is 18.2. The van der Waals surface area contributed by atoms with E-state index in [-0.39, 0.29) is 35.6 Å². The molecule has 8 nitrogen and oxygen atoms in total. The Kier molecular flexibility index (Phi) is 7.29. The van der Waals surface area contributed by atoms with E-state index in [9.17, 15) is 13.2 Å². The summed E-state index contributed by atoms with van der Waals surface area (Å²) in [4.78, 5) is 5.86. The van der Waals surface area contributed by atoms with E-state index < -0.39 is 17.8 Å². The predicted molar refractivity (Wildman–Crippen MR) is 125 cm³/mol. The van der Waals surface area contributed by atoms with Crippen molar-refractivity contribution >= 4 is 28.0 Å². The lowest BCUT2D eigenvalue weighted by Gasteiger charge is -2.21. The van der Waals surface area contributed by atoms with Gasteiger partial charge >= 0.3 is 6.18 Å². The Hall–Kier alpha value is -3.54. The number of hydrogen-bond acceptors (Lipinski definition) is 6. The molecule has 0 unspecified atom stereocenters. The molecule has 1 atom stereocenters. The van der Waals surface area contributed by atoms with E-state index in [1.165, 1.54) is 12.1 Å². The molecule has 2 heterocycles. The van der Waals surface area contributed by atoms with Crippen LogP contribution in [0, 0.1) is 0 Å². The third-order valence-corrected chi connectivity index (χ3v) is 5.91. The molecular formula is C23H21BrF3N5O3. The van der Waals surface area contributed by atoms with Crippen LogP contribution in [-0.4, -0.2) is 39.4 Å². The first kappa shape index (κ1) is 24.6. The van der Waals surface area contributed by atoms with E-state index in [1.807, 2.05) is 24.3 Å². The molecular weight excluding hydrogens is 531 g/mol. The number of ether oxygens (including phenoxy) is 1. The predicted octanol–water partition coefficient (Wildman–Crippen LogP) is 5.45. The maximum absolute atomic E-state index is 13.8. The molecule has 0 bridgehead atoms. The van der Waals surface area contributed by atoms with Gasteiger partial charge in [-0.1, -0.05) is 44.5 Å². The van der Waals surface area contributed by atoms with E-state index >= 15 is 0 Å². The van der Waals surface area contributed by atoms with E-state index in [4.69, 9.17) is 20.2 Å². The third-order valence-electron chi connectivity index (χ3n) is 5.41. The van der Waals surface area contributed by atoms with Crippen LogP contribution in [0.2, 0.25) is 0 Å². The van der Waals surface area contributed by atoms with Crippen molar-refractivity contribution in [1.29, 1.82) is 0 Å². The van der Waals surface area contributed by atoms with Gasteiger partial charge in [-0.25, -0.2) is 0 Å². The summed E-state index contributed by atoms with van der Waals surface area (Å²) in [6.45, 7) is 0.477. The molecule has 3 aromatic rings. The molecule has 2 aromatic carbocycles. The third kappa shape index (κ3) is 5.76. The highest BCUT2D eigenvalue weighted by Crippen LogP contribution is 2.39. The number of likely N-dealkylation sites (tertiary alicyclic amines) is 1. The molecule has 0 amide bonds. The first-order valence-electron chi connectivity index (χ1n) is 10.6. The number of benzene rings is 2. The van der Waals surface area contributed by atoms with Crippen LogP contribution in [0.5, 0.6) is 5.75 Å². The fraction of sp³-hybridized carbons (Fsp3) is 0.261. The summed E-state index contributed by atoms with van der Waals surface area (Å²) in [6.07, 6.45) is 0.106. The monoisotopic (exact) mass is 551 g/mol. The standard InChI is InChI=1S/C23H21BrF3N5O3/c24-16-6-1-4-14(12-16)5-3-11-34-19-9-8-15(13-17(19)23(25,26)27)20-29-21(35-31-20)18-7-2-10-32(18)22(28)30-33/h1,3-6,8-9,12-13,18,33H,2,7,10-11H2,(H2,28,30)/b5-3+/t18-/m0/s1. The van der Waals surface area contributed by atoms with Crippen molar-refractivity contribution < 1.29 is 27.6 Å². The van der Waals surface area contributed by atoms with Gasteiger partial charge < -0.3 is 25.1 Å². The van der Waals surface area contributed by atoms with E-state index in [0.29, 0.717) is 13.0 Å². The average molecular weight is 552 g/mol. The number of rotatable bonds is 6. The number of oxime groups is 1. The number of nitrogens with two attached hydrogens (primary N) is 1. The lowest BCUT2D eigenvalue weighted by Crippen LogP contribution is -2.36. The van der Waals surface area contributed by atoms with Gasteiger partial charge in [-0.15, -0.1) is 0 Å². The molecule has 184 valence electrons. The molecule has 1 aliphatic rings. The molecule has 3 N–H and O–H groups in total. The molecule has 35 heavy (non-hydrogen) atoms. The van der Waals surface area contributed by atoms with Crippen molar-refractivity contribution in [2.24, 2.45) is 10.9 Å². The van der Waals surface area contributed by atoms with Crippen molar-refractivity contribution in [2.75, 3.05) is 13.2 Å². The fourth-order valence-electron chi connectivity index (χ4n) is 3.79. The van der Waals surface area contributed by atoms with Crippen LogP contribution in [0.1, 0.15) is 35.9 Å². The highest BCUT2D eigenvalue weighted by Gasteiger charge is 2.36. The number of aromatic nitrogens is 2. The number of halogens is 4. The number of hydrogen-bond donors (Lipinski definition) is 2. The Bertz CT molecular complexity index is 1250. The van der Waals surface area contributed by atoms with Gasteiger partial charge in [0, 0.05) is 16.6 Å². The largest absolute Gasteiger partial charge is 0.489 e. The van der Waals surface area contributed by atoms with Gasteiger partial charge in [0.2, 0.25) is 17.7 Å². The second-order valence-corrected chi connectivity index (χ2v) is 8.66. The molecule has 0 spiro atoms. The van der Waals surface area contributed by atoms with Crippen LogP contribution in [0.15, 0.2) is 62.7 Å². The highest BCUT2D eigenvalue weighted by atomic mass is 79.9. The van der Waals surface area contributed by atoms with Crippen LogP contribution < -0.4 is 10.5 Å². The molecule has 1 aromatic heterocycles. The van der Waals surface area contributed by atoms with E-state index in [0.717, 1.165) is 22.5 Å². The van der Waals surface area contributed by atoms with Crippen LogP contribution in [0.4, 0.5) is 13.2 Å². The first-order valence-corrected chi connectivity index (χ1v) is 11.4. The number of nitrogens with zero attached hydrogens (tertiary/aromatic N) is 4. The minimum Gasteiger partial charge on any atom is -0.489 e. The zero-order chi connectivity index (χ0) is 25.0. The molecule has 1 saturated heterocycles. The topological polar surface area (TPSA) is 110 Å². The van der Waals surface area contributed by atoms with Crippen molar-refractivity contribution in [3.8, 4) is 17.1 Å². The summed E-state index contributed by atoms with van der Waals surface area (Å²) < 4.78 is 52.9. The lowest BCUT2D eigenvalue weighted by atomic mass is 10.1. The Morgan fingerprint density at radius 2 is 2.14 bits per heavy atom. The summed E-state index contributed by atoms with van der Waals surface area (Å²) in [5.74, 6) is -0.228. The van der Waals surface area contributed by atoms with E-state index in [2.05, 4.69) is 31.2 Å². The maximum Gasteiger partial charge on any atom is 0.419 e. The van der Waals surface area contributed by atoms with Crippen molar-refractivity contribution in [3.05, 3.63) is 70.0 Å². The summed E-state index contributed by atoms with van der Waals surface area (Å²) >= 11 is 3.37. The smallest absolute Gasteiger partial charge is 0.419 e. The van der Waals surface area contributed by atoms with Crippen LogP contribution in [0.25, 0.3) is 17.5 Å². The minimum atomic E-state index is -4.65. The van der Waals surface area contributed by atoms with Gasteiger partial charge in [-0.05, 0) is 54.8 Å². The second kappa shape index (κ2) is 10.4. The van der Waals surface area contributed by atoms with Gasteiger partial charge in [0.25, 0.3) is 0 Å². The zero-order valence-corrected chi connectivity index (χ0v) is 19.8. The lowest BCUT2D eigenvalue weighted by molar-refractivity contribution is -0.138. The quantitative estimate of drug-likeness (QED) is 0.181. The van der Waals surface area contributed by atoms with Crippen molar-refractivity contribution in [3.63, 3.8) is 0 Å². The van der Waals surface area contributed by atoms with Gasteiger partial charge in [0.05, 0.1) is 5.56 Å². The van der Waals surface area contributed by atoms with Gasteiger partial charge in [0.1, 0.15) is 18.4 Å². The summed E-state index contributed by atoms with van der Waals surface area (Å²) in [5, 5.41) is 15.8. The maximum atomic E-state index is 13.8. The van der Waals surface area contributed by atoms with Gasteiger partial charge in [-0.2, -0.15) is 18.2 Å². The molecule has 12 heteroatoms. The minimum absolute atomic E-state index is 0.00189. The van der Waals surface area contributed by atoms with Crippen LogP contribution in [0.3, 0.4) is 0 Å². The summed E-state index contributed by atoms with van der Waals surface area (Å²) in [6, 6.07) is 10.7. The first-order chi connectivity index (χ1) is 16.8. The Morgan fingerprint density at radius 3 is 2.89 bits per heavy atom. The SMILES string of the molecule is N/C(=N\O)N1CCC[C@H]1c1nc(-c2ccc(OC/C=C/c3cccc(Br)c3)c(C(F)(F)F)c2)no1. The molecule has 0 radical (unpaired) electrons. The average Bonchev–Trinajstić information content (AvgIpc) is 3.50. The van der Waals surface area contributed by atoms with Gasteiger partial charge in [0.15, 0.2) is 0 Å². The normalized spacial score (nSPS) is 16.9. The second-order valence-electron chi connectivity index (χ2n) is 7.74. The highest BCUT2D eigenvalue weighted by molar-refractivity contribution is 9.10. The van der Waals surface area contributed by atoms with Crippen LogP contribution >= 0.6 is 15.9 Å².